The largest absolute Gasteiger partial charge is 0.372 e. The number of imide groups is 1. The fraction of sp³-hybridized carbons (Fsp3) is 0.404. The van der Waals surface area contributed by atoms with Crippen LogP contribution in [0.25, 0.3) is 33.7 Å². The van der Waals surface area contributed by atoms with Gasteiger partial charge < -0.3 is 24.6 Å². The van der Waals surface area contributed by atoms with Crippen molar-refractivity contribution < 1.29 is 18.9 Å². The van der Waals surface area contributed by atoms with Crippen LogP contribution in [0.4, 0.5) is 21.9 Å². The van der Waals surface area contributed by atoms with Gasteiger partial charge in [-0.25, -0.2) is 14.8 Å². The first kappa shape index (κ1) is 40.4. The average Bonchev–Trinajstić information content (AvgIpc) is 4.07. The molecule has 3 aliphatic heterocycles. The normalized spacial score (nSPS) is 18.8. The van der Waals surface area contributed by atoms with Crippen molar-refractivity contribution in [2.24, 2.45) is 5.92 Å². The highest BCUT2D eigenvalue weighted by molar-refractivity contribution is 6.05. The number of urea groups is 1. The molecule has 0 radical (unpaired) electrons. The van der Waals surface area contributed by atoms with Crippen molar-refractivity contribution in [1.82, 2.24) is 45.6 Å². The molecule has 16 heteroatoms. The van der Waals surface area contributed by atoms with Crippen LogP contribution in [-0.4, -0.2) is 105 Å². The van der Waals surface area contributed by atoms with E-state index in [0.29, 0.717) is 24.7 Å². The molecule has 324 valence electrons. The maximum atomic E-state index is 13.0. The smallest absolute Gasteiger partial charge is 0.328 e. The van der Waals surface area contributed by atoms with Crippen LogP contribution in [-0.2, 0) is 16.6 Å². The van der Waals surface area contributed by atoms with Crippen molar-refractivity contribution in [3.05, 3.63) is 96.0 Å². The minimum Gasteiger partial charge on any atom is -0.372 e. The van der Waals surface area contributed by atoms with Crippen LogP contribution >= 0.6 is 0 Å². The van der Waals surface area contributed by atoms with Crippen molar-refractivity contribution in [2.75, 3.05) is 67.1 Å². The molecule has 63 heavy (non-hydrogen) atoms. The summed E-state index contributed by atoms with van der Waals surface area (Å²) in [5.74, 6) is 0.570. The molecule has 3 fully saturated rings. The van der Waals surface area contributed by atoms with Gasteiger partial charge in [0.25, 0.3) is 0 Å². The van der Waals surface area contributed by atoms with E-state index in [2.05, 4.69) is 94.0 Å². The molecule has 0 unspecified atom stereocenters. The Kier molecular flexibility index (Phi) is 10.6. The first-order valence-electron chi connectivity index (χ1n) is 22.0. The Labute approximate surface area is 365 Å². The number of anilines is 3. The molecule has 16 nitrogen and oxygen atoms in total. The molecule has 4 amide bonds. The van der Waals surface area contributed by atoms with Crippen LogP contribution in [0.3, 0.4) is 0 Å². The average molecular weight is 849 g/mol. The summed E-state index contributed by atoms with van der Waals surface area (Å²) in [5.41, 5.74) is 9.38. The summed E-state index contributed by atoms with van der Waals surface area (Å²) >= 11 is 0. The number of rotatable bonds is 9. The number of hydrogen-bond acceptors (Lipinski definition) is 12. The number of amides is 4. The number of aromatic amines is 1. The summed E-state index contributed by atoms with van der Waals surface area (Å²) < 4.78 is 5.28. The summed E-state index contributed by atoms with van der Waals surface area (Å²) in [7, 11) is 0. The summed E-state index contributed by atoms with van der Waals surface area (Å²) in [5, 5.41) is 10.4. The number of aryl methyl sites for hydroxylation is 1. The number of piperidine rings is 1. The van der Waals surface area contributed by atoms with Crippen LogP contribution in [0.15, 0.2) is 77.7 Å². The molecular weight excluding hydrogens is 797 g/mol. The summed E-state index contributed by atoms with van der Waals surface area (Å²) in [6, 6.07) is 20.3. The van der Waals surface area contributed by atoms with Gasteiger partial charge in [-0.3, -0.25) is 29.7 Å². The van der Waals surface area contributed by atoms with E-state index < -0.39 is 0 Å². The predicted molar refractivity (Wildman–Crippen MR) is 240 cm³/mol. The number of carbonyl (C=O) groups excluding carboxylic acids is 3. The minimum atomic E-state index is -0.365. The maximum Gasteiger partial charge on any atom is 0.328 e. The number of hydrogen-bond donors (Lipinski definition) is 3. The second kappa shape index (κ2) is 16.5. The molecule has 7 heterocycles. The molecule has 10 rings (SSSR count). The molecule has 1 atom stereocenters. The van der Waals surface area contributed by atoms with Gasteiger partial charge in [0.2, 0.25) is 5.91 Å². The van der Waals surface area contributed by atoms with Gasteiger partial charge in [-0.2, -0.15) is 4.98 Å². The minimum absolute atomic E-state index is 0.0191. The lowest BCUT2D eigenvalue weighted by Crippen LogP contribution is -2.49. The van der Waals surface area contributed by atoms with Gasteiger partial charge in [-0.05, 0) is 91.3 Å². The van der Waals surface area contributed by atoms with Crippen molar-refractivity contribution >= 4 is 45.9 Å². The molecule has 1 aliphatic carbocycles. The second-order valence-electron chi connectivity index (χ2n) is 18.2. The first-order valence-corrected chi connectivity index (χ1v) is 22.0. The van der Waals surface area contributed by atoms with Crippen molar-refractivity contribution in [3.63, 3.8) is 0 Å². The van der Waals surface area contributed by atoms with Crippen molar-refractivity contribution in [3.8, 4) is 22.6 Å². The molecule has 0 saturated carbocycles. The summed E-state index contributed by atoms with van der Waals surface area (Å²) in [6.07, 6.45) is 7.82. The zero-order chi connectivity index (χ0) is 43.2. The van der Waals surface area contributed by atoms with Crippen molar-refractivity contribution in [2.45, 2.75) is 64.3 Å². The predicted octanol–water partition coefficient (Wildman–Crippen LogP) is 6.27. The third-order valence-electron chi connectivity index (χ3n) is 13.0. The summed E-state index contributed by atoms with van der Waals surface area (Å²) in [4.78, 5) is 67.9. The lowest BCUT2D eigenvalue weighted by Gasteiger charge is -2.40. The number of nitrogens with zero attached hydrogens (tertiary/aromatic N) is 9. The second-order valence-corrected chi connectivity index (χ2v) is 18.2. The lowest BCUT2D eigenvalue weighted by molar-refractivity contribution is -0.120. The Hall–Kier alpha value is -6.68. The van der Waals surface area contributed by atoms with Crippen LogP contribution in [0, 0.1) is 5.92 Å². The Morgan fingerprint density at radius 2 is 1.59 bits per heavy atom. The monoisotopic (exact) mass is 848 g/mol. The van der Waals surface area contributed by atoms with Gasteiger partial charge in [-0.15, -0.1) is 0 Å². The Bertz CT molecular complexity index is 2650. The maximum absolute atomic E-state index is 13.0. The molecular formula is C47H52N12O4. The number of aromatic nitrogens is 6. The fourth-order valence-corrected chi connectivity index (χ4v) is 9.38. The summed E-state index contributed by atoms with van der Waals surface area (Å²) in [6.45, 7) is 13.5. The molecule has 3 N–H and O–H groups in total. The van der Waals surface area contributed by atoms with Crippen LogP contribution in [0.5, 0.6) is 0 Å². The molecule has 0 spiro atoms. The number of fused-ring (bicyclic) bond motifs is 2. The van der Waals surface area contributed by atoms with E-state index in [1.807, 2.05) is 39.1 Å². The van der Waals surface area contributed by atoms with Gasteiger partial charge in [0.1, 0.15) is 12.0 Å². The number of carbonyl (C=O) groups is 3. The molecule has 2 aromatic carbocycles. The number of pyridine rings is 1. The third kappa shape index (κ3) is 8.34. The van der Waals surface area contributed by atoms with E-state index in [1.54, 1.807) is 11.2 Å². The zero-order valence-corrected chi connectivity index (χ0v) is 35.9. The highest BCUT2D eigenvalue weighted by Crippen LogP contribution is 2.37. The van der Waals surface area contributed by atoms with E-state index in [0.717, 1.165) is 122 Å². The Balaban J connectivity index is 0.719. The number of nitrogens with one attached hydrogen (secondary N) is 3. The van der Waals surface area contributed by atoms with Gasteiger partial charge in [0.05, 0.1) is 35.0 Å². The van der Waals surface area contributed by atoms with Crippen LogP contribution in [0.2, 0.25) is 0 Å². The van der Waals surface area contributed by atoms with Gasteiger partial charge >= 0.3 is 17.8 Å². The number of H-pyrrole nitrogens is 1. The quantitative estimate of drug-likeness (QED) is 0.149. The highest BCUT2D eigenvalue weighted by Gasteiger charge is 2.30. The molecule has 4 aromatic heterocycles. The Morgan fingerprint density at radius 1 is 0.825 bits per heavy atom. The molecule has 4 aliphatic rings. The van der Waals surface area contributed by atoms with E-state index >= 15 is 0 Å². The van der Waals surface area contributed by atoms with Crippen LogP contribution < -0.4 is 25.3 Å². The number of piperazine rings is 1. The third-order valence-corrected chi connectivity index (χ3v) is 13.0. The molecule has 0 bridgehead atoms. The van der Waals surface area contributed by atoms with E-state index in [1.165, 1.54) is 11.3 Å². The van der Waals surface area contributed by atoms with Crippen molar-refractivity contribution in [1.29, 1.82) is 0 Å². The van der Waals surface area contributed by atoms with Gasteiger partial charge in [0.15, 0.2) is 5.82 Å². The van der Waals surface area contributed by atoms with Gasteiger partial charge in [-0.1, -0.05) is 38.1 Å². The van der Waals surface area contributed by atoms with E-state index in [-0.39, 0.29) is 35.2 Å². The van der Waals surface area contributed by atoms with Gasteiger partial charge in [0, 0.05) is 86.5 Å². The molecule has 3 saturated heterocycles. The molecule has 6 aromatic rings. The number of benzene rings is 2. The van der Waals surface area contributed by atoms with E-state index in [4.69, 9.17) is 14.5 Å². The fourth-order valence-electron chi connectivity index (χ4n) is 9.38. The van der Waals surface area contributed by atoms with Crippen LogP contribution in [0.1, 0.15) is 80.1 Å². The van der Waals surface area contributed by atoms with E-state index in [9.17, 15) is 14.4 Å². The Morgan fingerprint density at radius 3 is 2.32 bits per heavy atom. The lowest BCUT2D eigenvalue weighted by atomic mass is 9.95. The highest BCUT2D eigenvalue weighted by atomic mass is 16.5. The zero-order valence-electron chi connectivity index (χ0n) is 35.9. The SMILES string of the molecule is CC(C)(C)c1noc(C(=O)N[C@@H]2CCc3cc(-c4ncnc5[nH]c(-c6ccc(N7CCN(CC8CCN(c9ccc(N%10CCC(=O)NC%10=O)cc9)CC8)CC7)cn6)cc45)ccc32)n1. The standard InChI is InChI=1S/C47H52N12O4/c1-47(2,3)45-54-44(63-55-45)43(61)52-37-12-5-30-24-31(4-11-35(30)37)41-36-25-39(51-42(36)50-28-49-41)38-13-10-34(26-48-38)58-22-20-56(21-23-58)27-29-14-17-57(18-15-29)32-6-8-33(9-7-32)59-19-16-40(60)53-46(59)62/h4,6-11,13,24-26,28-29,37H,5,12,14-23,27H2,1-3H3,(H,52,61)(H,49,50,51)(H,53,60,62)/t37-/m1/s1. The topological polar surface area (TPSA) is 182 Å². The first-order chi connectivity index (χ1) is 30.5.